The van der Waals surface area contributed by atoms with E-state index in [2.05, 4.69) is 15.3 Å². The van der Waals surface area contributed by atoms with Gasteiger partial charge in [0.25, 0.3) is 5.56 Å². The summed E-state index contributed by atoms with van der Waals surface area (Å²) >= 11 is 1.07. The van der Waals surface area contributed by atoms with E-state index in [0.29, 0.717) is 23.8 Å². The fraction of sp³-hybridized carbons (Fsp3) is 0.611. The van der Waals surface area contributed by atoms with Crippen molar-refractivity contribution >= 4 is 38.5 Å². The van der Waals surface area contributed by atoms with Crippen molar-refractivity contribution in [3.63, 3.8) is 0 Å². The zero-order valence-electron chi connectivity index (χ0n) is 17.3. The summed E-state index contributed by atoms with van der Waals surface area (Å²) in [6.45, 7) is 5.97. The molecule has 1 atom stereocenters. The Bertz CT molecular complexity index is 1220. The lowest BCUT2D eigenvalue weighted by Crippen LogP contribution is -2.40. The predicted molar refractivity (Wildman–Crippen MR) is 115 cm³/mol. The summed E-state index contributed by atoms with van der Waals surface area (Å²) in [7, 11) is -1.69. The minimum absolute atomic E-state index is 0.0332. The molecule has 1 fully saturated rings. The summed E-state index contributed by atoms with van der Waals surface area (Å²) in [5, 5.41) is 3.24. The SMILES string of the molecule is Cc1nc(SCC(=O)NC2CCS(=O)(=O)C2)c2c(=O)n(C)c(=O)n(CC(C)C)c2n1. The number of nitrogens with one attached hydrogen (secondary N) is 1. The number of nitrogens with zero attached hydrogens (tertiary/aromatic N) is 4. The van der Waals surface area contributed by atoms with E-state index in [0.717, 1.165) is 16.3 Å². The van der Waals surface area contributed by atoms with Crippen molar-refractivity contribution in [3.8, 4) is 0 Å². The molecular formula is C18H25N5O5S2. The Morgan fingerprint density at radius 1 is 1.30 bits per heavy atom. The molecule has 2 aromatic heterocycles. The second-order valence-electron chi connectivity index (χ2n) is 7.88. The van der Waals surface area contributed by atoms with Crippen LogP contribution in [0, 0.1) is 12.8 Å². The lowest BCUT2D eigenvalue weighted by atomic mass is 10.2. The van der Waals surface area contributed by atoms with Gasteiger partial charge in [0, 0.05) is 19.6 Å². The number of rotatable bonds is 6. The topological polar surface area (TPSA) is 133 Å². The summed E-state index contributed by atoms with van der Waals surface area (Å²) < 4.78 is 25.6. The standard InChI is InChI=1S/C18H25N5O5S2/c1-10(2)7-23-15-14(17(25)22(4)18(23)26)16(20-11(3)19-15)29-8-13(24)21-12-5-6-30(27,28)9-12/h10,12H,5-9H2,1-4H3,(H,21,24). The maximum Gasteiger partial charge on any atom is 0.332 e. The van der Waals surface area contributed by atoms with Crippen LogP contribution < -0.4 is 16.6 Å². The Morgan fingerprint density at radius 3 is 2.60 bits per heavy atom. The van der Waals surface area contributed by atoms with E-state index in [4.69, 9.17) is 0 Å². The third-order valence-electron chi connectivity index (χ3n) is 4.75. The Morgan fingerprint density at radius 2 is 2.00 bits per heavy atom. The summed E-state index contributed by atoms with van der Waals surface area (Å²) in [5.74, 6) is 0.194. The van der Waals surface area contributed by atoms with Crippen molar-refractivity contribution in [2.45, 2.75) is 44.8 Å². The van der Waals surface area contributed by atoms with Crippen LogP contribution in [0.25, 0.3) is 11.0 Å². The van der Waals surface area contributed by atoms with Crippen LogP contribution in [0.4, 0.5) is 0 Å². The zero-order chi connectivity index (χ0) is 22.2. The second kappa shape index (κ2) is 8.50. The van der Waals surface area contributed by atoms with Crippen LogP contribution in [0.5, 0.6) is 0 Å². The number of thioether (sulfide) groups is 1. The highest BCUT2D eigenvalue weighted by molar-refractivity contribution is 8.00. The Balaban J connectivity index is 1.92. The molecule has 1 unspecified atom stereocenters. The number of aryl methyl sites for hydroxylation is 1. The highest BCUT2D eigenvalue weighted by atomic mass is 32.2. The maximum atomic E-state index is 12.8. The van der Waals surface area contributed by atoms with Gasteiger partial charge >= 0.3 is 5.69 Å². The molecule has 1 aliphatic rings. The van der Waals surface area contributed by atoms with Crippen molar-refractivity contribution < 1.29 is 13.2 Å². The largest absolute Gasteiger partial charge is 0.352 e. The third kappa shape index (κ3) is 4.75. The first-order chi connectivity index (χ1) is 14.0. The van der Waals surface area contributed by atoms with Crippen molar-refractivity contribution in [2.75, 3.05) is 17.3 Å². The van der Waals surface area contributed by atoms with Crippen molar-refractivity contribution in [1.82, 2.24) is 24.4 Å². The lowest BCUT2D eigenvalue weighted by molar-refractivity contribution is -0.119. The van der Waals surface area contributed by atoms with Gasteiger partial charge in [-0.3, -0.25) is 18.7 Å². The number of amides is 1. The number of aromatic nitrogens is 4. The fourth-order valence-corrected chi connectivity index (χ4v) is 5.93. The molecule has 3 heterocycles. The molecule has 0 saturated carbocycles. The Kier molecular flexibility index (Phi) is 6.37. The molecule has 1 N–H and O–H groups in total. The third-order valence-corrected chi connectivity index (χ3v) is 7.49. The van der Waals surface area contributed by atoms with Crippen LogP contribution in [0.2, 0.25) is 0 Å². The molecule has 12 heteroatoms. The molecule has 10 nitrogen and oxygen atoms in total. The summed E-state index contributed by atoms with van der Waals surface area (Å²) in [6.07, 6.45) is 0.399. The minimum Gasteiger partial charge on any atom is -0.352 e. The number of fused-ring (bicyclic) bond motifs is 1. The fourth-order valence-electron chi connectivity index (χ4n) is 3.39. The molecule has 1 aliphatic heterocycles. The van der Waals surface area contributed by atoms with Gasteiger partial charge in [-0.2, -0.15) is 0 Å². The van der Waals surface area contributed by atoms with Gasteiger partial charge < -0.3 is 5.32 Å². The van der Waals surface area contributed by atoms with E-state index in [1.165, 1.54) is 11.6 Å². The van der Waals surface area contributed by atoms with Crippen LogP contribution >= 0.6 is 11.8 Å². The van der Waals surface area contributed by atoms with E-state index in [9.17, 15) is 22.8 Å². The first-order valence-corrected chi connectivity index (χ1v) is 12.4. The monoisotopic (exact) mass is 455 g/mol. The van der Waals surface area contributed by atoms with E-state index >= 15 is 0 Å². The number of carbonyl (C=O) groups is 1. The normalized spacial score (nSPS) is 18.2. The number of hydrogen-bond acceptors (Lipinski definition) is 8. The Hall–Kier alpha value is -2.21. The second-order valence-corrected chi connectivity index (χ2v) is 11.1. The maximum absolute atomic E-state index is 12.8. The van der Waals surface area contributed by atoms with Crippen LogP contribution in [-0.2, 0) is 28.2 Å². The predicted octanol–water partition coefficient (Wildman–Crippen LogP) is -0.150. The van der Waals surface area contributed by atoms with Gasteiger partial charge in [-0.1, -0.05) is 25.6 Å². The Labute approximate surface area is 178 Å². The minimum atomic E-state index is -3.09. The van der Waals surface area contributed by atoms with Crippen LogP contribution in [-0.4, -0.2) is 56.7 Å². The molecule has 1 amide bonds. The van der Waals surface area contributed by atoms with Gasteiger partial charge in [-0.05, 0) is 19.3 Å². The molecule has 1 saturated heterocycles. The molecule has 0 radical (unpaired) electrons. The molecule has 2 aromatic rings. The van der Waals surface area contributed by atoms with Gasteiger partial charge in [0.1, 0.15) is 16.2 Å². The molecule has 0 aliphatic carbocycles. The molecular weight excluding hydrogens is 430 g/mol. The molecule has 3 rings (SSSR count). The van der Waals surface area contributed by atoms with Gasteiger partial charge in [-0.25, -0.2) is 23.2 Å². The summed E-state index contributed by atoms with van der Waals surface area (Å²) in [5.41, 5.74) is -0.704. The number of carbonyl (C=O) groups excluding carboxylic acids is 1. The molecule has 0 spiro atoms. The highest BCUT2D eigenvalue weighted by Crippen LogP contribution is 2.23. The summed E-state index contributed by atoms with van der Waals surface area (Å²) in [6, 6.07) is -0.393. The van der Waals surface area contributed by atoms with E-state index in [1.54, 1.807) is 6.92 Å². The number of hydrogen-bond donors (Lipinski definition) is 1. The van der Waals surface area contributed by atoms with Crippen molar-refractivity contribution in [1.29, 1.82) is 0 Å². The first-order valence-electron chi connectivity index (χ1n) is 9.59. The van der Waals surface area contributed by atoms with E-state index < -0.39 is 27.1 Å². The smallest absolute Gasteiger partial charge is 0.332 e. The highest BCUT2D eigenvalue weighted by Gasteiger charge is 2.29. The summed E-state index contributed by atoms with van der Waals surface area (Å²) in [4.78, 5) is 46.4. The van der Waals surface area contributed by atoms with Gasteiger partial charge in [-0.15, -0.1) is 0 Å². The van der Waals surface area contributed by atoms with Crippen molar-refractivity contribution in [3.05, 3.63) is 26.7 Å². The van der Waals surface area contributed by atoms with Crippen LogP contribution in [0.15, 0.2) is 14.6 Å². The molecule has 0 bridgehead atoms. The van der Waals surface area contributed by atoms with E-state index in [1.807, 2.05) is 13.8 Å². The zero-order valence-corrected chi connectivity index (χ0v) is 19.0. The quantitative estimate of drug-likeness (QED) is 0.470. The molecule has 0 aromatic carbocycles. The average molecular weight is 456 g/mol. The average Bonchev–Trinajstić information content (AvgIpc) is 2.99. The van der Waals surface area contributed by atoms with Gasteiger partial charge in [0.2, 0.25) is 5.91 Å². The number of sulfone groups is 1. The molecule has 164 valence electrons. The lowest BCUT2D eigenvalue weighted by Gasteiger charge is -2.15. The van der Waals surface area contributed by atoms with Crippen LogP contribution in [0.1, 0.15) is 26.1 Å². The van der Waals surface area contributed by atoms with Gasteiger partial charge in [0.15, 0.2) is 15.5 Å². The van der Waals surface area contributed by atoms with Crippen molar-refractivity contribution in [2.24, 2.45) is 13.0 Å². The van der Waals surface area contributed by atoms with Crippen LogP contribution in [0.3, 0.4) is 0 Å². The first kappa shape index (κ1) is 22.5. The molecule has 30 heavy (non-hydrogen) atoms. The van der Waals surface area contributed by atoms with Gasteiger partial charge in [0.05, 0.1) is 17.3 Å². The van der Waals surface area contributed by atoms with E-state index in [-0.39, 0.29) is 40.1 Å².